The van der Waals surface area contributed by atoms with Crippen LogP contribution in [0.1, 0.15) is 18.2 Å². The highest BCUT2D eigenvalue weighted by molar-refractivity contribution is 7.90. The molecule has 0 N–H and O–H groups in total. The Morgan fingerprint density at radius 1 is 1.10 bits per heavy atom. The smallest absolute Gasteiger partial charge is 0.213 e. The van der Waals surface area contributed by atoms with Crippen LogP contribution in [0.5, 0.6) is 5.88 Å². The van der Waals surface area contributed by atoms with Gasteiger partial charge in [0, 0.05) is 6.07 Å². The number of rotatable bonds is 5. The lowest BCUT2D eigenvalue weighted by atomic mass is 10.2. The number of aryl methyl sites for hydroxylation is 1. The number of hydrogen-bond donors (Lipinski definition) is 0. The zero-order valence-electron chi connectivity index (χ0n) is 11.5. The van der Waals surface area contributed by atoms with Crippen molar-refractivity contribution in [2.45, 2.75) is 24.5 Å². The Morgan fingerprint density at radius 3 is 2.55 bits per heavy atom. The Labute approximate surface area is 119 Å². The average Bonchev–Trinajstić information content (AvgIpc) is 2.39. The molecule has 2 rings (SSSR count). The second kappa shape index (κ2) is 6.05. The van der Waals surface area contributed by atoms with Gasteiger partial charge >= 0.3 is 0 Å². The summed E-state index contributed by atoms with van der Waals surface area (Å²) in [4.78, 5) is 4.55. The second-order valence-electron chi connectivity index (χ2n) is 4.42. The van der Waals surface area contributed by atoms with Crippen LogP contribution in [0.4, 0.5) is 0 Å². The van der Waals surface area contributed by atoms with E-state index >= 15 is 0 Å². The largest absolute Gasteiger partial charge is 0.478 e. The van der Waals surface area contributed by atoms with E-state index in [1.54, 1.807) is 43.3 Å². The molecule has 0 aliphatic rings. The van der Waals surface area contributed by atoms with Crippen molar-refractivity contribution in [3.63, 3.8) is 0 Å². The predicted octanol–water partition coefficient (Wildman–Crippen LogP) is 2.76. The zero-order chi connectivity index (χ0) is 14.6. The molecule has 0 radical (unpaired) electrons. The molecule has 0 amide bonds. The van der Waals surface area contributed by atoms with Gasteiger partial charge in [0.2, 0.25) is 5.88 Å². The molecule has 0 aliphatic carbocycles. The van der Waals surface area contributed by atoms with Crippen molar-refractivity contribution in [3.05, 3.63) is 53.7 Å². The predicted molar refractivity (Wildman–Crippen MR) is 77.5 cm³/mol. The van der Waals surface area contributed by atoms with Crippen LogP contribution in [-0.2, 0) is 15.6 Å². The molecule has 4 nitrogen and oxygen atoms in total. The number of aromatic nitrogens is 1. The van der Waals surface area contributed by atoms with Gasteiger partial charge in [-0.1, -0.05) is 24.3 Å². The van der Waals surface area contributed by atoms with E-state index in [0.717, 1.165) is 5.56 Å². The van der Waals surface area contributed by atoms with E-state index in [0.29, 0.717) is 23.1 Å². The standard InChI is InChI=1S/C15H17NO3S/c1-3-19-15-10-6-8-13(16-15)11-20(17,18)14-9-5-4-7-12(14)2/h4-10H,3,11H2,1-2H3. The molecule has 0 saturated heterocycles. The monoisotopic (exact) mass is 291 g/mol. The molecule has 0 atom stereocenters. The minimum atomic E-state index is -3.39. The van der Waals surface area contributed by atoms with Crippen LogP contribution >= 0.6 is 0 Å². The first-order chi connectivity index (χ1) is 9.53. The summed E-state index contributed by atoms with van der Waals surface area (Å²) in [7, 11) is -3.39. The van der Waals surface area contributed by atoms with E-state index in [4.69, 9.17) is 4.74 Å². The molecule has 5 heteroatoms. The van der Waals surface area contributed by atoms with Crippen molar-refractivity contribution in [3.8, 4) is 5.88 Å². The normalized spacial score (nSPS) is 11.3. The third kappa shape index (κ3) is 3.36. The van der Waals surface area contributed by atoms with Crippen molar-refractivity contribution in [2.75, 3.05) is 6.61 Å². The van der Waals surface area contributed by atoms with Crippen molar-refractivity contribution < 1.29 is 13.2 Å². The van der Waals surface area contributed by atoms with Crippen molar-refractivity contribution in [2.24, 2.45) is 0 Å². The van der Waals surface area contributed by atoms with Crippen LogP contribution in [0.15, 0.2) is 47.4 Å². The molecule has 1 aromatic heterocycles. The molecule has 0 aliphatic heterocycles. The molecule has 1 aromatic carbocycles. The van der Waals surface area contributed by atoms with Gasteiger partial charge in [-0.05, 0) is 31.5 Å². The fraction of sp³-hybridized carbons (Fsp3) is 0.267. The molecular formula is C15H17NO3S. The van der Waals surface area contributed by atoms with Gasteiger partial charge in [0.25, 0.3) is 0 Å². The maximum absolute atomic E-state index is 12.4. The Bertz CT molecular complexity index is 696. The second-order valence-corrected chi connectivity index (χ2v) is 6.38. The summed E-state index contributed by atoms with van der Waals surface area (Å²) in [5.41, 5.74) is 1.23. The summed E-state index contributed by atoms with van der Waals surface area (Å²) in [6, 6.07) is 12.1. The first-order valence-corrected chi connectivity index (χ1v) is 8.05. The van der Waals surface area contributed by atoms with Crippen LogP contribution in [0, 0.1) is 6.92 Å². The summed E-state index contributed by atoms with van der Waals surface area (Å²) < 4.78 is 30.1. The van der Waals surface area contributed by atoms with Gasteiger partial charge in [0.1, 0.15) is 0 Å². The fourth-order valence-corrected chi connectivity index (χ4v) is 3.49. The Kier molecular flexibility index (Phi) is 4.39. The van der Waals surface area contributed by atoms with Crippen LogP contribution in [0.3, 0.4) is 0 Å². The van der Waals surface area contributed by atoms with E-state index in [1.165, 1.54) is 0 Å². The number of ether oxygens (including phenoxy) is 1. The molecular weight excluding hydrogens is 274 g/mol. The Hall–Kier alpha value is -1.88. The van der Waals surface area contributed by atoms with E-state index < -0.39 is 9.84 Å². The molecule has 0 unspecified atom stereocenters. The van der Waals surface area contributed by atoms with Crippen molar-refractivity contribution >= 4 is 9.84 Å². The molecule has 1 heterocycles. The quantitative estimate of drug-likeness (QED) is 0.850. The first kappa shape index (κ1) is 14.5. The highest BCUT2D eigenvalue weighted by Crippen LogP contribution is 2.20. The average molecular weight is 291 g/mol. The van der Waals surface area contributed by atoms with Crippen LogP contribution < -0.4 is 4.74 Å². The lowest BCUT2D eigenvalue weighted by molar-refractivity contribution is 0.326. The van der Waals surface area contributed by atoms with Crippen LogP contribution in [0.25, 0.3) is 0 Å². The molecule has 2 aromatic rings. The number of sulfone groups is 1. The van der Waals surface area contributed by atoms with E-state index in [-0.39, 0.29) is 5.75 Å². The third-order valence-corrected chi connectivity index (χ3v) is 4.64. The molecule has 0 saturated carbocycles. The van der Waals surface area contributed by atoms with E-state index in [2.05, 4.69) is 4.98 Å². The maximum atomic E-state index is 12.4. The van der Waals surface area contributed by atoms with Gasteiger partial charge in [-0.2, -0.15) is 0 Å². The highest BCUT2D eigenvalue weighted by atomic mass is 32.2. The Balaban J connectivity index is 2.29. The number of benzene rings is 1. The first-order valence-electron chi connectivity index (χ1n) is 6.40. The summed E-state index contributed by atoms with van der Waals surface area (Å²) >= 11 is 0. The van der Waals surface area contributed by atoms with Crippen molar-refractivity contribution in [1.29, 1.82) is 0 Å². The topological polar surface area (TPSA) is 56.3 Å². The number of hydrogen-bond acceptors (Lipinski definition) is 4. The van der Waals surface area contributed by atoms with Crippen molar-refractivity contribution in [1.82, 2.24) is 4.98 Å². The van der Waals surface area contributed by atoms with Crippen LogP contribution in [0.2, 0.25) is 0 Å². The molecule has 0 bridgehead atoms. The minimum Gasteiger partial charge on any atom is -0.478 e. The van der Waals surface area contributed by atoms with Gasteiger partial charge in [-0.25, -0.2) is 13.4 Å². The molecule has 106 valence electrons. The lowest BCUT2D eigenvalue weighted by Gasteiger charge is -2.08. The van der Waals surface area contributed by atoms with Gasteiger partial charge in [0.05, 0.1) is 22.9 Å². The van der Waals surface area contributed by atoms with Gasteiger partial charge in [0.15, 0.2) is 9.84 Å². The van der Waals surface area contributed by atoms with Crippen LogP contribution in [-0.4, -0.2) is 20.0 Å². The van der Waals surface area contributed by atoms with E-state index in [1.807, 2.05) is 13.0 Å². The summed E-state index contributed by atoms with van der Waals surface area (Å²) in [5.74, 6) is 0.323. The lowest BCUT2D eigenvalue weighted by Crippen LogP contribution is -2.08. The molecule has 0 spiro atoms. The number of nitrogens with zero attached hydrogens (tertiary/aromatic N) is 1. The molecule has 20 heavy (non-hydrogen) atoms. The maximum Gasteiger partial charge on any atom is 0.213 e. The van der Waals surface area contributed by atoms with E-state index in [9.17, 15) is 8.42 Å². The summed E-state index contributed by atoms with van der Waals surface area (Å²) in [5, 5.41) is 0. The Morgan fingerprint density at radius 2 is 1.85 bits per heavy atom. The molecule has 0 fully saturated rings. The SMILES string of the molecule is CCOc1cccc(CS(=O)(=O)c2ccccc2C)n1. The fourth-order valence-electron chi connectivity index (χ4n) is 1.94. The zero-order valence-corrected chi connectivity index (χ0v) is 12.4. The van der Waals surface area contributed by atoms with Gasteiger partial charge in [-0.3, -0.25) is 0 Å². The minimum absolute atomic E-state index is 0.126. The van der Waals surface area contributed by atoms with Gasteiger partial charge in [-0.15, -0.1) is 0 Å². The number of pyridine rings is 1. The summed E-state index contributed by atoms with van der Waals surface area (Å²) in [6.07, 6.45) is 0. The summed E-state index contributed by atoms with van der Waals surface area (Å²) in [6.45, 7) is 4.15. The third-order valence-electron chi connectivity index (χ3n) is 2.84. The van der Waals surface area contributed by atoms with Gasteiger partial charge < -0.3 is 4.74 Å². The highest BCUT2D eigenvalue weighted by Gasteiger charge is 2.18.